The van der Waals surface area contributed by atoms with Crippen LogP contribution in [0.5, 0.6) is 5.75 Å². The molecule has 188 valence electrons. The lowest BCUT2D eigenvalue weighted by Gasteiger charge is -2.31. The molecule has 1 atom stereocenters. The fourth-order valence-corrected chi connectivity index (χ4v) is 4.49. The molecule has 1 unspecified atom stereocenters. The highest BCUT2D eigenvalue weighted by molar-refractivity contribution is 5.94. The summed E-state index contributed by atoms with van der Waals surface area (Å²) in [5.41, 5.74) is 1.42. The number of nitrogens with zero attached hydrogens (tertiary/aromatic N) is 2. The summed E-state index contributed by atoms with van der Waals surface area (Å²) in [5.74, 6) is 0.285. The molecule has 1 saturated heterocycles. The molecule has 1 fully saturated rings. The molecule has 8 heteroatoms. The molecule has 0 saturated carbocycles. The van der Waals surface area contributed by atoms with Gasteiger partial charge in [0, 0.05) is 29.6 Å². The largest absolute Gasteiger partial charge is 0.489 e. The molecule has 1 aliphatic heterocycles. The monoisotopic (exact) mass is 489 g/mol. The van der Waals surface area contributed by atoms with Gasteiger partial charge in [-0.05, 0) is 57.5 Å². The maximum atomic E-state index is 13.3. The van der Waals surface area contributed by atoms with E-state index < -0.39 is 17.2 Å². The molecular weight excluding hydrogens is 458 g/mol. The number of fused-ring (bicyclic) bond motifs is 1. The normalized spacial score (nSPS) is 17.8. The van der Waals surface area contributed by atoms with Crippen LogP contribution in [0.1, 0.15) is 44.0 Å². The van der Waals surface area contributed by atoms with E-state index >= 15 is 0 Å². The smallest absolute Gasteiger partial charge is 0.408 e. The summed E-state index contributed by atoms with van der Waals surface area (Å²) >= 11 is 0. The highest BCUT2D eigenvalue weighted by Crippen LogP contribution is 2.35. The van der Waals surface area contributed by atoms with Crippen molar-refractivity contribution in [3.63, 3.8) is 0 Å². The Balaban J connectivity index is 1.56. The highest BCUT2D eigenvalue weighted by Gasteiger charge is 2.49. The van der Waals surface area contributed by atoms with E-state index in [1.165, 1.54) is 4.90 Å². The second-order valence-corrected chi connectivity index (χ2v) is 9.95. The van der Waals surface area contributed by atoms with Gasteiger partial charge in [-0.15, -0.1) is 0 Å². The molecule has 0 bridgehead atoms. The number of hydrogen-bond acceptors (Lipinski definition) is 6. The fraction of sp³-hybridized carbons (Fsp3) is 0.357. The molecule has 1 aromatic heterocycles. The number of pyridine rings is 1. The minimum absolute atomic E-state index is 0.0307. The fourth-order valence-electron chi connectivity index (χ4n) is 4.49. The van der Waals surface area contributed by atoms with Crippen LogP contribution in [0.15, 0.2) is 54.6 Å². The van der Waals surface area contributed by atoms with Gasteiger partial charge in [0.15, 0.2) is 0 Å². The summed E-state index contributed by atoms with van der Waals surface area (Å²) in [6.07, 6.45) is 0.314. The molecule has 2 amide bonds. The van der Waals surface area contributed by atoms with Crippen LogP contribution in [0.2, 0.25) is 0 Å². The van der Waals surface area contributed by atoms with Gasteiger partial charge >= 0.3 is 6.09 Å². The van der Waals surface area contributed by atoms with Gasteiger partial charge in [0.25, 0.3) is 5.91 Å². The number of benzene rings is 2. The van der Waals surface area contributed by atoms with Crippen molar-refractivity contribution in [3.8, 4) is 5.75 Å². The third-order valence-electron chi connectivity index (χ3n) is 6.09. The summed E-state index contributed by atoms with van der Waals surface area (Å²) < 4.78 is 11.5. The van der Waals surface area contributed by atoms with E-state index in [0.29, 0.717) is 37.2 Å². The topological polar surface area (TPSA) is 97.8 Å². The first kappa shape index (κ1) is 25.2. The Labute approximate surface area is 210 Å². The Hall–Kier alpha value is -3.94. The van der Waals surface area contributed by atoms with E-state index in [1.807, 2.05) is 37.3 Å². The van der Waals surface area contributed by atoms with Crippen LogP contribution >= 0.6 is 0 Å². The van der Waals surface area contributed by atoms with Crippen molar-refractivity contribution < 1.29 is 23.9 Å². The van der Waals surface area contributed by atoms with Gasteiger partial charge in [-0.25, -0.2) is 4.79 Å². The van der Waals surface area contributed by atoms with Crippen LogP contribution in [0.3, 0.4) is 0 Å². The lowest BCUT2D eigenvalue weighted by molar-refractivity contribution is -0.135. The molecule has 0 aliphatic carbocycles. The number of carbonyl (C=O) groups is 3. The first-order valence-electron chi connectivity index (χ1n) is 11.9. The molecule has 0 spiro atoms. The second-order valence-electron chi connectivity index (χ2n) is 9.95. The van der Waals surface area contributed by atoms with Gasteiger partial charge in [-0.1, -0.05) is 30.3 Å². The van der Waals surface area contributed by atoms with E-state index in [2.05, 4.69) is 10.3 Å². The van der Waals surface area contributed by atoms with Crippen LogP contribution in [0.25, 0.3) is 10.9 Å². The quantitative estimate of drug-likeness (QED) is 0.498. The van der Waals surface area contributed by atoms with Crippen LogP contribution in [-0.2, 0) is 26.5 Å². The molecule has 1 N–H and O–H groups in total. The Morgan fingerprint density at radius 2 is 1.89 bits per heavy atom. The predicted molar refractivity (Wildman–Crippen MR) is 136 cm³/mol. The van der Waals surface area contributed by atoms with E-state index in [-0.39, 0.29) is 12.5 Å². The number of carbonyl (C=O) groups excluding carboxylic acids is 3. The molecule has 4 rings (SSSR count). The number of rotatable bonds is 7. The molecule has 8 nitrogen and oxygen atoms in total. The lowest BCUT2D eigenvalue weighted by Crippen LogP contribution is -2.53. The summed E-state index contributed by atoms with van der Waals surface area (Å²) in [7, 11) is 0. The lowest BCUT2D eigenvalue weighted by atomic mass is 9.88. The standard InChI is InChI=1S/C28H31N3O5/c1-19-17-20(23-7-5-6-8-24(23)29-19)18-35-22-11-9-21(10-12-22)28(30-26(34)36-27(2,3)4)13-14-31(15-16-32)25(28)33/h5-12,16-17H,13-15,18H2,1-4H3,(H,30,34). The third-order valence-corrected chi connectivity index (χ3v) is 6.09. The number of para-hydroxylation sites is 1. The zero-order valence-corrected chi connectivity index (χ0v) is 21.0. The zero-order valence-electron chi connectivity index (χ0n) is 21.0. The Kier molecular flexibility index (Phi) is 6.97. The summed E-state index contributed by atoms with van der Waals surface area (Å²) in [5, 5.41) is 3.83. The van der Waals surface area contributed by atoms with Crippen molar-refractivity contribution in [2.24, 2.45) is 0 Å². The first-order valence-corrected chi connectivity index (χ1v) is 11.9. The van der Waals surface area contributed by atoms with Gasteiger partial charge in [-0.2, -0.15) is 0 Å². The van der Waals surface area contributed by atoms with Crippen molar-refractivity contribution in [2.45, 2.75) is 51.9 Å². The molecule has 1 aliphatic rings. The summed E-state index contributed by atoms with van der Waals surface area (Å²) in [6.45, 7) is 7.90. The number of aromatic nitrogens is 1. The van der Waals surface area contributed by atoms with Gasteiger partial charge < -0.3 is 24.5 Å². The van der Waals surface area contributed by atoms with Gasteiger partial charge in [-0.3, -0.25) is 9.78 Å². The number of alkyl carbamates (subject to hydrolysis) is 1. The molecule has 36 heavy (non-hydrogen) atoms. The maximum Gasteiger partial charge on any atom is 0.408 e. The van der Waals surface area contributed by atoms with Gasteiger partial charge in [0.1, 0.15) is 29.8 Å². The van der Waals surface area contributed by atoms with Gasteiger partial charge in [0.05, 0.1) is 12.1 Å². The minimum Gasteiger partial charge on any atom is -0.489 e. The highest BCUT2D eigenvalue weighted by atomic mass is 16.6. The van der Waals surface area contributed by atoms with Crippen LogP contribution < -0.4 is 10.1 Å². The van der Waals surface area contributed by atoms with Crippen LogP contribution in [-0.4, -0.2) is 46.9 Å². The third kappa shape index (κ3) is 5.32. The van der Waals surface area contributed by atoms with Crippen LogP contribution in [0, 0.1) is 6.92 Å². The number of amides is 2. The number of hydrogen-bond donors (Lipinski definition) is 1. The number of nitrogens with one attached hydrogen (secondary N) is 1. The van der Waals surface area contributed by atoms with E-state index in [0.717, 1.165) is 22.2 Å². The molecule has 2 heterocycles. The van der Waals surface area contributed by atoms with Gasteiger partial charge in [0.2, 0.25) is 0 Å². The average molecular weight is 490 g/mol. The number of ether oxygens (including phenoxy) is 2. The Morgan fingerprint density at radius 3 is 2.58 bits per heavy atom. The second kappa shape index (κ2) is 9.97. The number of likely N-dealkylation sites (tertiary alicyclic amines) is 1. The number of aryl methyl sites for hydroxylation is 1. The number of aldehydes is 1. The van der Waals surface area contributed by atoms with E-state index in [4.69, 9.17) is 9.47 Å². The zero-order chi connectivity index (χ0) is 25.9. The summed E-state index contributed by atoms with van der Waals surface area (Å²) in [6, 6.07) is 17.0. The Morgan fingerprint density at radius 1 is 1.17 bits per heavy atom. The minimum atomic E-state index is -1.32. The van der Waals surface area contributed by atoms with E-state index in [1.54, 1.807) is 45.0 Å². The SMILES string of the molecule is Cc1cc(COc2ccc(C3(NC(=O)OC(C)(C)C)CCN(CC=O)C3=O)cc2)c2ccccc2n1. The average Bonchev–Trinajstić information content (AvgIpc) is 3.12. The van der Waals surface area contributed by atoms with E-state index in [9.17, 15) is 14.4 Å². The molecular formula is C28H31N3O5. The molecule has 2 aromatic carbocycles. The molecule has 0 radical (unpaired) electrons. The predicted octanol–water partition coefficient (Wildman–Crippen LogP) is 4.27. The summed E-state index contributed by atoms with van der Waals surface area (Å²) in [4.78, 5) is 43.1. The van der Waals surface area contributed by atoms with Crippen molar-refractivity contribution in [2.75, 3.05) is 13.1 Å². The van der Waals surface area contributed by atoms with Crippen molar-refractivity contribution in [3.05, 3.63) is 71.4 Å². The van der Waals surface area contributed by atoms with Crippen molar-refractivity contribution in [1.82, 2.24) is 15.2 Å². The molecule has 3 aromatic rings. The maximum absolute atomic E-state index is 13.3. The van der Waals surface area contributed by atoms with Crippen molar-refractivity contribution >= 4 is 29.2 Å². The Bertz CT molecular complexity index is 1280. The van der Waals surface area contributed by atoms with Crippen LogP contribution in [0.4, 0.5) is 4.79 Å². The first-order chi connectivity index (χ1) is 17.1. The van der Waals surface area contributed by atoms with Crippen molar-refractivity contribution in [1.29, 1.82) is 0 Å².